The maximum atomic E-state index is 6.01. The molecule has 0 aliphatic carbocycles. The van der Waals surface area contributed by atoms with Crippen molar-refractivity contribution in [3.8, 4) is 0 Å². The zero-order chi connectivity index (χ0) is 9.26. The first-order chi connectivity index (χ1) is 6.25. The van der Waals surface area contributed by atoms with E-state index in [0.29, 0.717) is 5.92 Å². The van der Waals surface area contributed by atoms with Crippen molar-refractivity contribution < 1.29 is 0 Å². The number of hydrogen-bond donors (Lipinski definition) is 1. The molecule has 0 bridgehead atoms. The lowest BCUT2D eigenvalue weighted by Gasteiger charge is -2.09. The molecule has 2 rings (SSSR count). The predicted octanol–water partition coefficient (Wildman–Crippen LogP) is 3.15. The Morgan fingerprint density at radius 1 is 1.36 bits per heavy atom. The molecular formula is C11H15Cl2N. The SMILES string of the molecule is Cc1cc(Cl)cc(C2CCNC2)c1.Cl. The molecule has 78 valence electrons. The highest BCUT2D eigenvalue weighted by atomic mass is 35.5. The van der Waals surface area contributed by atoms with Crippen molar-refractivity contribution >= 4 is 24.0 Å². The van der Waals surface area contributed by atoms with Crippen molar-refractivity contribution in [3.05, 3.63) is 34.3 Å². The van der Waals surface area contributed by atoms with Crippen molar-refractivity contribution in [3.63, 3.8) is 0 Å². The molecule has 3 heteroatoms. The predicted molar refractivity (Wildman–Crippen MR) is 63.7 cm³/mol. The van der Waals surface area contributed by atoms with Gasteiger partial charge in [-0.3, -0.25) is 0 Å². The maximum Gasteiger partial charge on any atom is 0.0411 e. The van der Waals surface area contributed by atoms with Gasteiger partial charge in [0, 0.05) is 11.6 Å². The van der Waals surface area contributed by atoms with Crippen molar-refractivity contribution in [1.82, 2.24) is 5.32 Å². The molecule has 14 heavy (non-hydrogen) atoms. The summed E-state index contributed by atoms with van der Waals surface area (Å²) in [5.74, 6) is 0.664. The van der Waals surface area contributed by atoms with Crippen LogP contribution >= 0.6 is 24.0 Å². The number of rotatable bonds is 1. The lowest BCUT2D eigenvalue weighted by Crippen LogP contribution is -2.07. The first kappa shape index (κ1) is 11.8. The van der Waals surface area contributed by atoms with E-state index in [4.69, 9.17) is 11.6 Å². The summed E-state index contributed by atoms with van der Waals surface area (Å²) in [7, 11) is 0. The van der Waals surface area contributed by atoms with Crippen molar-refractivity contribution in [2.24, 2.45) is 0 Å². The van der Waals surface area contributed by atoms with Gasteiger partial charge in [-0.1, -0.05) is 17.7 Å². The molecule has 0 aromatic heterocycles. The van der Waals surface area contributed by atoms with Gasteiger partial charge >= 0.3 is 0 Å². The molecule has 1 atom stereocenters. The van der Waals surface area contributed by atoms with E-state index in [2.05, 4.69) is 24.4 Å². The Kier molecular flexibility index (Phi) is 4.24. The molecule has 0 spiro atoms. The Bertz CT molecular complexity index is 286. The monoisotopic (exact) mass is 231 g/mol. The van der Waals surface area contributed by atoms with E-state index in [1.165, 1.54) is 17.5 Å². The van der Waals surface area contributed by atoms with Gasteiger partial charge < -0.3 is 5.32 Å². The van der Waals surface area contributed by atoms with Crippen LogP contribution in [-0.4, -0.2) is 13.1 Å². The van der Waals surface area contributed by atoms with Gasteiger partial charge in [0.1, 0.15) is 0 Å². The standard InChI is InChI=1S/C11H14ClN.ClH/c1-8-4-10(6-11(12)5-8)9-2-3-13-7-9;/h4-6,9,13H,2-3,7H2,1H3;1H. The zero-order valence-corrected chi connectivity index (χ0v) is 9.79. The van der Waals surface area contributed by atoms with E-state index >= 15 is 0 Å². The topological polar surface area (TPSA) is 12.0 Å². The second-order valence-electron chi connectivity index (χ2n) is 3.75. The summed E-state index contributed by atoms with van der Waals surface area (Å²) < 4.78 is 0. The van der Waals surface area contributed by atoms with Gasteiger partial charge in [-0.25, -0.2) is 0 Å². The van der Waals surface area contributed by atoms with Crippen molar-refractivity contribution in [2.75, 3.05) is 13.1 Å². The first-order valence-electron chi connectivity index (χ1n) is 4.73. The smallest absolute Gasteiger partial charge is 0.0411 e. The molecule has 0 radical (unpaired) electrons. The van der Waals surface area contributed by atoms with Crippen LogP contribution in [0, 0.1) is 6.92 Å². The average molecular weight is 232 g/mol. The van der Waals surface area contributed by atoms with E-state index in [-0.39, 0.29) is 12.4 Å². The minimum Gasteiger partial charge on any atom is -0.316 e. The van der Waals surface area contributed by atoms with Crippen LogP contribution in [0.2, 0.25) is 5.02 Å². The molecule has 0 saturated carbocycles. The highest BCUT2D eigenvalue weighted by Crippen LogP contribution is 2.25. The van der Waals surface area contributed by atoms with Crippen LogP contribution in [0.15, 0.2) is 18.2 Å². The number of nitrogens with one attached hydrogen (secondary N) is 1. The Labute approximate surface area is 96.3 Å². The minimum absolute atomic E-state index is 0. The molecule has 0 amide bonds. The van der Waals surface area contributed by atoms with Gasteiger partial charge in [-0.05, 0) is 49.1 Å². The fourth-order valence-electron chi connectivity index (χ4n) is 1.94. The van der Waals surface area contributed by atoms with Crippen LogP contribution < -0.4 is 5.32 Å². The number of benzene rings is 1. The van der Waals surface area contributed by atoms with Crippen LogP contribution in [0.4, 0.5) is 0 Å². The fraction of sp³-hybridized carbons (Fsp3) is 0.455. The van der Waals surface area contributed by atoms with E-state index in [1.54, 1.807) is 0 Å². The minimum atomic E-state index is 0. The molecule has 1 heterocycles. The average Bonchev–Trinajstić information content (AvgIpc) is 2.53. The maximum absolute atomic E-state index is 6.01. The van der Waals surface area contributed by atoms with Crippen LogP contribution in [0.1, 0.15) is 23.5 Å². The normalized spacial score (nSPS) is 20.6. The summed E-state index contributed by atoms with van der Waals surface area (Å²) in [6, 6.07) is 6.34. The lowest BCUT2D eigenvalue weighted by atomic mass is 9.97. The van der Waals surface area contributed by atoms with E-state index < -0.39 is 0 Å². The molecule has 1 N–H and O–H groups in total. The first-order valence-corrected chi connectivity index (χ1v) is 5.11. The van der Waals surface area contributed by atoms with Crippen molar-refractivity contribution in [1.29, 1.82) is 0 Å². The van der Waals surface area contributed by atoms with Gasteiger partial charge in [0.25, 0.3) is 0 Å². The van der Waals surface area contributed by atoms with E-state index in [1.807, 2.05) is 6.07 Å². The van der Waals surface area contributed by atoms with Gasteiger partial charge in [0.05, 0.1) is 0 Å². The van der Waals surface area contributed by atoms with Crippen LogP contribution in [0.3, 0.4) is 0 Å². The largest absolute Gasteiger partial charge is 0.316 e. The third kappa shape index (κ3) is 2.63. The van der Waals surface area contributed by atoms with Crippen LogP contribution in [-0.2, 0) is 0 Å². The van der Waals surface area contributed by atoms with Gasteiger partial charge in [-0.2, -0.15) is 0 Å². The molecule has 1 unspecified atom stereocenters. The highest BCUT2D eigenvalue weighted by Gasteiger charge is 2.16. The Morgan fingerprint density at radius 3 is 2.71 bits per heavy atom. The Morgan fingerprint density at radius 2 is 2.14 bits per heavy atom. The molecule has 1 aromatic rings. The third-order valence-electron chi connectivity index (χ3n) is 2.60. The second kappa shape index (κ2) is 5.01. The molecule has 1 saturated heterocycles. The second-order valence-corrected chi connectivity index (χ2v) is 4.19. The molecule has 1 fully saturated rings. The number of halogens is 2. The fourth-order valence-corrected chi connectivity index (χ4v) is 2.24. The molecule has 1 aliphatic rings. The highest BCUT2D eigenvalue weighted by molar-refractivity contribution is 6.30. The molecule has 1 aliphatic heterocycles. The Balaban J connectivity index is 0.000000980. The number of aryl methyl sites for hydroxylation is 1. The van der Waals surface area contributed by atoms with Crippen molar-refractivity contribution in [2.45, 2.75) is 19.3 Å². The summed E-state index contributed by atoms with van der Waals surface area (Å²) in [6.45, 7) is 4.33. The summed E-state index contributed by atoms with van der Waals surface area (Å²) in [5, 5.41) is 4.23. The molecular weight excluding hydrogens is 217 g/mol. The van der Waals surface area contributed by atoms with E-state index in [9.17, 15) is 0 Å². The zero-order valence-electron chi connectivity index (χ0n) is 8.22. The quantitative estimate of drug-likeness (QED) is 0.784. The Hall–Kier alpha value is -0.240. The summed E-state index contributed by atoms with van der Waals surface area (Å²) >= 11 is 6.01. The molecule has 1 nitrogen and oxygen atoms in total. The van der Waals surface area contributed by atoms with Crippen LogP contribution in [0.25, 0.3) is 0 Å². The van der Waals surface area contributed by atoms with Gasteiger partial charge in [-0.15, -0.1) is 12.4 Å². The number of hydrogen-bond acceptors (Lipinski definition) is 1. The lowest BCUT2D eigenvalue weighted by molar-refractivity contribution is 0.762. The van der Waals surface area contributed by atoms with Crippen LogP contribution in [0.5, 0.6) is 0 Å². The van der Waals surface area contributed by atoms with Gasteiger partial charge in [0.15, 0.2) is 0 Å². The summed E-state index contributed by atoms with van der Waals surface area (Å²) in [5.41, 5.74) is 2.64. The third-order valence-corrected chi connectivity index (χ3v) is 2.81. The summed E-state index contributed by atoms with van der Waals surface area (Å²) in [6.07, 6.45) is 1.24. The van der Waals surface area contributed by atoms with Gasteiger partial charge in [0.2, 0.25) is 0 Å². The summed E-state index contributed by atoms with van der Waals surface area (Å²) in [4.78, 5) is 0. The molecule has 1 aromatic carbocycles. The van der Waals surface area contributed by atoms with E-state index in [0.717, 1.165) is 18.1 Å².